The Kier molecular flexibility index (Phi) is 5.88. The van der Waals surface area contributed by atoms with Crippen LogP contribution in [0.25, 0.3) is 0 Å². The number of hydrogen-bond acceptors (Lipinski definition) is 7. The van der Waals surface area contributed by atoms with Gasteiger partial charge < -0.3 is 10.1 Å². The summed E-state index contributed by atoms with van der Waals surface area (Å²) in [6.45, 7) is 2.29. The van der Waals surface area contributed by atoms with Crippen molar-refractivity contribution < 1.29 is 13.2 Å². The molecule has 114 valence electrons. The second-order valence-corrected chi connectivity index (χ2v) is 8.27. The lowest BCUT2D eigenvalue weighted by atomic mass is 10.2. The van der Waals surface area contributed by atoms with Crippen LogP contribution in [0, 0.1) is 0 Å². The summed E-state index contributed by atoms with van der Waals surface area (Å²) in [5.41, 5.74) is 0. The highest BCUT2D eigenvalue weighted by molar-refractivity contribution is 7.91. The van der Waals surface area contributed by atoms with Crippen LogP contribution < -0.4 is 5.32 Å². The van der Waals surface area contributed by atoms with E-state index in [4.69, 9.17) is 4.74 Å². The maximum absolute atomic E-state index is 12.0. The second kappa shape index (κ2) is 7.44. The lowest BCUT2D eigenvalue weighted by molar-refractivity contribution is 0.199. The van der Waals surface area contributed by atoms with Gasteiger partial charge in [-0.25, -0.2) is 8.42 Å². The standard InChI is InChI=1S/C12H21N3O3S2/c1-18-8-7-13-6-5-11-14-15-12(19-11)10-4-2-3-9-20(10,16)17/h10,13H,2-9H2,1H3. The molecule has 0 aliphatic carbocycles. The summed E-state index contributed by atoms with van der Waals surface area (Å²) in [4.78, 5) is 0. The fourth-order valence-electron chi connectivity index (χ4n) is 2.22. The summed E-state index contributed by atoms with van der Waals surface area (Å²) in [5, 5.41) is 12.6. The molecule has 1 aromatic rings. The molecule has 1 N–H and O–H groups in total. The number of nitrogens with one attached hydrogen (secondary N) is 1. The third-order valence-electron chi connectivity index (χ3n) is 3.34. The minimum absolute atomic E-state index is 0.283. The molecular weight excluding hydrogens is 298 g/mol. The average molecular weight is 319 g/mol. The van der Waals surface area contributed by atoms with Gasteiger partial charge >= 0.3 is 0 Å². The molecule has 1 aliphatic heterocycles. The van der Waals surface area contributed by atoms with E-state index in [9.17, 15) is 8.42 Å². The van der Waals surface area contributed by atoms with E-state index < -0.39 is 15.1 Å². The van der Waals surface area contributed by atoms with Gasteiger partial charge in [0.05, 0.1) is 12.4 Å². The molecule has 1 atom stereocenters. The summed E-state index contributed by atoms with van der Waals surface area (Å²) >= 11 is 1.43. The highest BCUT2D eigenvalue weighted by Crippen LogP contribution is 2.34. The van der Waals surface area contributed by atoms with E-state index >= 15 is 0 Å². The van der Waals surface area contributed by atoms with Gasteiger partial charge in [-0.2, -0.15) is 0 Å². The SMILES string of the molecule is COCCNCCc1nnc(C2CCCCS2(=O)=O)s1. The van der Waals surface area contributed by atoms with Crippen molar-refractivity contribution in [3.05, 3.63) is 10.0 Å². The molecule has 8 heteroatoms. The fraction of sp³-hybridized carbons (Fsp3) is 0.833. The Hall–Kier alpha value is -0.570. The number of nitrogens with zero attached hydrogens (tertiary/aromatic N) is 2. The van der Waals surface area contributed by atoms with Crippen LogP contribution in [0.2, 0.25) is 0 Å². The number of rotatable bonds is 7. The van der Waals surface area contributed by atoms with Crippen molar-refractivity contribution in [3.63, 3.8) is 0 Å². The molecule has 20 heavy (non-hydrogen) atoms. The van der Waals surface area contributed by atoms with Crippen molar-refractivity contribution in [3.8, 4) is 0 Å². The zero-order valence-electron chi connectivity index (χ0n) is 11.7. The summed E-state index contributed by atoms with van der Waals surface area (Å²) in [6, 6.07) is 0. The van der Waals surface area contributed by atoms with E-state index in [1.807, 2.05) is 0 Å². The van der Waals surface area contributed by atoms with Gasteiger partial charge in [0, 0.05) is 26.6 Å². The normalized spacial score (nSPS) is 21.9. The van der Waals surface area contributed by atoms with Gasteiger partial charge in [-0.1, -0.05) is 6.42 Å². The molecular formula is C12H21N3O3S2. The van der Waals surface area contributed by atoms with Gasteiger partial charge in [0.25, 0.3) is 0 Å². The first-order valence-electron chi connectivity index (χ1n) is 6.87. The minimum atomic E-state index is -3.02. The van der Waals surface area contributed by atoms with Crippen LogP contribution in [-0.2, 0) is 21.0 Å². The van der Waals surface area contributed by atoms with Gasteiger partial charge in [-0.05, 0) is 12.8 Å². The predicted molar refractivity (Wildman–Crippen MR) is 78.7 cm³/mol. The zero-order chi connectivity index (χ0) is 14.4. The Labute approximate surface area is 123 Å². The van der Waals surface area contributed by atoms with E-state index in [1.165, 1.54) is 11.3 Å². The Morgan fingerprint density at radius 2 is 2.20 bits per heavy atom. The summed E-state index contributed by atoms with van der Waals surface area (Å²) in [6.07, 6.45) is 3.18. The van der Waals surface area contributed by atoms with Crippen LogP contribution in [0.1, 0.15) is 34.5 Å². The molecule has 1 saturated heterocycles. The van der Waals surface area contributed by atoms with Crippen LogP contribution in [-0.4, -0.2) is 51.2 Å². The lowest BCUT2D eigenvalue weighted by Crippen LogP contribution is -2.21. The van der Waals surface area contributed by atoms with Crippen LogP contribution >= 0.6 is 11.3 Å². The van der Waals surface area contributed by atoms with Crippen molar-refractivity contribution in [2.45, 2.75) is 30.9 Å². The molecule has 2 heterocycles. The summed E-state index contributed by atoms with van der Waals surface area (Å²) in [5.74, 6) is 0.283. The Morgan fingerprint density at radius 3 is 2.95 bits per heavy atom. The number of aromatic nitrogens is 2. The first-order chi connectivity index (χ1) is 9.63. The number of ether oxygens (including phenoxy) is 1. The largest absolute Gasteiger partial charge is 0.383 e. The lowest BCUT2D eigenvalue weighted by Gasteiger charge is -2.19. The van der Waals surface area contributed by atoms with Crippen molar-refractivity contribution in [1.82, 2.24) is 15.5 Å². The van der Waals surface area contributed by atoms with Gasteiger partial charge in [-0.3, -0.25) is 0 Å². The highest BCUT2D eigenvalue weighted by Gasteiger charge is 2.32. The molecule has 2 rings (SSSR count). The van der Waals surface area contributed by atoms with Crippen LogP contribution in [0.3, 0.4) is 0 Å². The van der Waals surface area contributed by atoms with Gasteiger partial charge in [-0.15, -0.1) is 21.5 Å². The minimum Gasteiger partial charge on any atom is -0.383 e. The molecule has 0 aromatic carbocycles. The third kappa shape index (κ3) is 4.21. The van der Waals surface area contributed by atoms with Crippen LogP contribution in [0.5, 0.6) is 0 Å². The monoisotopic (exact) mass is 319 g/mol. The summed E-state index contributed by atoms with van der Waals surface area (Å²) in [7, 11) is -1.35. The van der Waals surface area contributed by atoms with Crippen molar-refractivity contribution in [2.75, 3.05) is 32.6 Å². The van der Waals surface area contributed by atoms with Gasteiger partial charge in [0.15, 0.2) is 9.84 Å². The van der Waals surface area contributed by atoms with Crippen molar-refractivity contribution >= 4 is 21.2 Å². The Morgan fingerprint density at radius 1 is 1.35 bits per heavy atom. The number of hydrogen-bond donors (Lipinski definition) is 1. The molecule has 0 spiro atoms. The van der Waals surface area contributed by atoms with Gasteiger partial charge in [0.1, 0.15) is 15.3 Å². The molecule has 1 aromatic heterocycles. The van der Waals surface area contributed by atoms with E-state index in [1.54, 1.807) is 7.11 Å². The molecule has 1 aliphatic rings. The number of methoxy groups -OCH3 is 1. The van der Waals surface area contributed by atoms with Crippen molar-refractivity contribution in [1.29, 1.82) is 0 Å². The Bertz CT molecular complexity index is 516. The fourth-order valence-corrected chi connectivity index (χ4v) is 5.44. The molecule has 0 radical (unpaired) electrons. The predicted octanol–water partition coefficient (Wildman–Crippen LogP) is 0.956. The van der Waals surface area contributed by atoms with E-state index in [-0.39, 0.29) is 5.75 Å². The highest BCUT2D eigenvalue weighted by atomic mass is 32.2. The first-order valence-corrected chi connectivity index (χ1v) is 9.40. The Balaban J connectivity index is 1.88. The molecule has 0 bridgehead atoms. The molecule has 6 nitrogen and oxygen atoms in total. The average Bonchev–Trinajstić information content (AvgIpc) is 2.86. The maximum Gasteiger partial charge on any atom is 0.159 e. The van der Waals surface area contributed by atoms with Gasteiger partial charge in [0.2, 0.25) is 0 Å². The topological polar surface area (TPSA) is 81.2 Å². The van der Waals surface area contributed by atoms with Crippen LogP contribution in [0.4, 0.5) is 0 Å². The van der Waals surface area contributed by atoms with E-state index in [2.05, 4.69) is 15.5 Å². The van der Waals surface area contributed by atoms with E-state index in [0.29, 0.717) is 18.0 Å². The van der Waals surface area contributed by atoms with E-state index in [0.717, 1.165) is 37.4 Å². The molecule has 1 fully saturated rings. The maximum atomic E-state index is 12.0. The third-order valence-corrected chi connectivity index (χ3v) is 6.76. The first kappa shape index (κ1) is 15.8. The molecule has 1 unspecified atom stereocenters. The summed E-state index contributed by atoms with van der Waals surface area (Å²) < 4.78 is 29.0. The van der Waals surface area contributed by atoms with Crippen molar-refractivity contribution in [2.24, 2.45) is 0 Å². The zero-order valence-corrected chi connectivity index (χ0v) is 13.3. The quantitative estimate of drug-likeness (QED) is 0.754. The molecule has 0 amide bonds. The second-order valence-electron chi connectivity index (χ2n) is 4.88. The van der Waals surface area contributed by atoms with Crippen LogP contribution in [0.15, 0.2) is 0 Å². The smallest absolute Gasteiger partial charge is 0.159 e. The number of sulfone groups is 1. The molecule has 0 saturated carbocycles.